The van der Waals surface area contributed by atoms with Crippen LogP contribution in [-0.2, 0) is 6.42 Å². The van der Waals surface area contributed by atoms with Crippen LogP contribution in [0.5, 0.6) is 0 Å². The second-order valence-electron chi connectivity index (χ2n) is 3.69. The minimum Gasteiger partial charge on any atom is -0.313 e. The molecule has 1 unspecified atom stereocenters. The molecule has 0 spiro atoms. The van der Waals surface area contributed by atoms with Crippen molar-refractivity contribution in [3.8, 4) is 0 Å². The predicted molar refractivity (Wildman–Crippen MR) is 69.5 cm³/mol. The third kappa shape index (κ3) is 3.31. The summed E-state index contributed by atoms with van der Waals surface area (Å²) in [5, 5.41) is 10.9. The van der Waals surface area contributed by atoms with Crippen molar-refractivity contribution in [2.24, 2.45) is 0 Å². The maximum atomic E-state index is 4.37. The van der Waals surface area contributed by atoms with E-state index in [-0.39, 0.29) is 6.04 Å². The van der Waals surface area contributed by atoms with Gasteiger partial charge in [-0.25, -0.2) is 0 Å². The largest absolute Gasteiger partial charge is 0.313 e. The molecule has 88 valence electrons. The molecule has 0 aliphatic carbocycles. The number of aromatic nitrogens is 3. The molecule has 0 aliphatic rings. The number of hydrogen-bond acceptors (Lipinski definition) is 4. The van der Waals surface area contributed by atoms with Crippen LogP contribution >= 0.6 is 15.9 Å². The molecule has 4 nitrogen and oxygen atoms in total. The first-order valence-corrected chi connectivity index (χ1v) is 6.13. The van der Waals surface area contributed by atoms with Gasteiger partial charge in [0, 0.05) is 35.0 Å². The third-order valence-corrected chi connectivity index (χ3v) is 3.03. The van der Waals surface area contributed by atoms with Crippen molar-refractivity contribution >= 4 is 15.9 Å². The van der Waals surface area contributed by atoms with Gasteiger partial charge in [-0.3, -0.25) is 4.98 Å². The molecule has 0 radical (unpaired) electrons. The van der Waals surface area contributed by atoms with Gasteiger partial charge in [0.05, 0.1) is 6.20 Å². The average molecular weight is 293 g/mol. The second-order valence-corrected chi connectivity index (χ2v) is 4.60. The molecule has 2 rings (SSSR count). The van der Waals surface area contributed by atoms with Gasteiger partial charge in [-0.05, 0) is 46.7 Å². The van der Waals surface area contributed by atoms with Crippen molar-refractivity contribution in [3.63, 3.8) is 0 Å². The highest BCUT2D eigenvalue weighted by atomic mass is 79.9. The highest BCUT2D eigenvalue weighted by Crippen LogP contribution is 2.16. The minimum atomic E-state index is 0.208. The van der Waals surface area contributed by atoms with Crippen molar-refractivity contribution in [2.75, 3.05) is 7.05 Å². The van der Waals surface area contributed by atoms with Crippen LogP contribution in [-0.4, -0.2) is 22.2 Å². The van der Waals surface area contributed by atoms with Gasteiger partial charge in [-0.15, -0.1) is 0 Å². The van der Waals surface area contributed by atoms with Gasteiger partial charge in [0.1, 0.15) is 0 Å². The number of nitrogens with one attached hydrogen (secondary N) is 1. The molecule has 0 fully saturated rings. The Morgan fingerprint density at radius 1 is 1.24 bits per heavy atom. The van der Waals surface area contributed by atoms with Gasteiger partial charge >= 0.3 is 0 Å². The SMILES string of the molecule is CNC(Cc1ccc(Br)cn1)c1ccnnc1. The van der Waals surface area contributed by atoms with E-state index in [1.165, 1.54) is 0 Å². The Hall–Kier alpha value is -1.33. The molecule has 1 N–H and O–H groups in total. The number of rotatable bonds is 4. The van der Waals surface area contributed by atoms with Crippen LogP contribution in [0.25, 0.3) is 0 Å². The Morgan fingerprint density at radius 3 is 2.71 bits per heavy atom. The van der Waals surface area contributed by atoms with E-state index in [2.05, 4.69) is 36.4 Å². The van der Waals surface area contributed by atoms with E-state index < -0.39 is 0 Å². The molecule has 0 saturated carbocycles. The minimum absolute atomic E-state index is 0.208. The number of halogens is 1. The van der Waals surface area contributed by atoms with E-state index in [0.717, 1.165) is 22.2 Å². The highest BCUT2D eigenvalue weighted by Gasteiger charge is 2.10. The zero-order valence-electron chi connectivity index (χ0n) is 9.47. The maximum absolute atomic E-state index is 4.37. The lowest BCUT2D eigenvalue weighted by Gasteiger charge is -2.15. The Morgan fingerprint density at radius 2 is 2.12 bits per heavy atom. The molecule has 0 bridgehead atoms. The van der Waals surface area contributed by atoms with Crippen molar-refractivity contribution in [2.45, 2.75) is 12.5 Å². The zero-order chi connectivity index (χ0) is 12.1. The summed E-state index contributed by atoms with van der Waals surface area (Å²) in [4.78, 5) is 4.37. The number of pyridine rings is 1. The van der Waals surface area contributed by atoms with Crippen LogP contribution in [0, 0.1) is 0 Å². The molecule has 0 aromatic carbocycles. The maximum Gasteiger partial charge on any atom is 0.0544 e. The van der Waals surface area contributed by atoms with Gasteiger partial charge < -0.3 is 5.32 Å². The molecule has 0 aliphatic heterocycles. The lowest BCUT2D eigenvalue weighted by atomic mass is 10.0. The summed E-state index contributed by atoms with van der Waals surface area (Å²) < 4.78 is 0.993. The van der Waals surface area contributed by atoms with Crippen LogP contribution in [0.3, 0.4) is 0 Å². The monoisotopic (exact) mass is 292 g/mol. The van der Waals surface area contributed by atoms with Crippen LogP contribution in [0.4, 0.5) is 0 Å². The smallest absolute Gasteiger partial charge is 0.0544 e. The summed E-state index contributed by atoms with van der Waals surface area (Å²) >= 11 is 3.38. The number of nitrogens with zero attached hydrogens (tertiary/aromatic N) is 3. The standard InChI is InChI=1S/C12H13BrN4/c1-14-12(9-4-5-16-17-7-9)6-11-3-2-10(13)8-15-11/h2-5,7-8,12,14H,6H2,1H3. The Bertz CT molecular complexity index is 458. The topological polar surface area (TPSA) is 50.7 Å². The summed E-state index contributed by atoms with van der Waals surface area (Å²) in [6.07, 6.45) is 6.12. The summed E-state index contributed by atoms with van der Waals surface area (Å²) in [5.74, 6) is 0. The van der Waals surface area contributed by atoms with E-state index in [4.69, 9.17) is 0 Å². The third-order valence-electron chi connectivity index (χ3n) is 2.56. The molecule has 2 aromatic heterocycles. The first-order chi connectivity index (χ1) is 8.29. The molecular formula is C12H13BrN4. The molecule has 5 heteroatoms. The van der Waals surface area contributed by atoms with Crippen LogP contribution in [0.1, 0.15) is 17.3 Å². The fourth-order valence-corrected chi connectivity index (χ4v) is 1.86. The lowest BCUT2D eigenvalue weighted by Crippen LogP contribution is -2.19. The predicted octanol–water partition coefficient (Wildman–Crippen LogP) is 2.14. The Balaban J connectivity index is 2.13. The van der Waals surface area contributed by atoms with E-state index in [1.807, 2.05) is 31.4 Å². The summed E-state index contributed by atoms with van der Waals surface area (Å²) in [6.45, 7) is 0. The first-order valence-electron chi connectivity index (χ1n) is 5.34. The average Bonchev–Trinajstić information content (AvgIpc) is 2.39. The van der Waals surface area contributed by atoms with E-state index in [0.29, 0.717) is 0 Å². The summed E-state index contributed by atoms with van der Waals surface area (Å²) in [7, 11) is 1.93. The van der Waals surface area contributed by atoms with Crippen molar-refractivity contribution in [3.05, 3.63) is 52.5 Å². The highest BCUT2D eigenvalue weighted by molar-refractivity contribution is 9.10. The molecule has 0 saturated heterocycles. The molecule has 17 heavy (non-hydrogen) atoms. The quantitative estimate of drug-likeness (QED) is 0.938. The Labute approximate surface area is 109 Å². The summed E-state index contributed by atoms with van der Waals surface area (Å²) in [6, 6.07) is 6.19. The molecule has 2 aromatic rings. The molecule has 1 atom stereocenters. The fourth-order valence-electron chi connectivity index (χ4n) is 1.63. The normalized spacial score (nSPS) is 12.4. The second kappa shape index (κ2) is 5.84. The van der Waals surface area contributed by atoms with Crippen LogP contribution in [0.15, 0.2) is 41.3 Å². The van der Waals surface area contributed by atoms with Gasteiger partial charge in [0.25, 0.3) is 0 Å². The van der Waals surface area contributed by atoms with Crippen molar-refractivity contribution in [1.82, 2.24) is 20.5 Å². The van der Waals surface area contributed by atoms with Crippen LogP contribution in [0.2, 0.25) is 0 Å². The number of hydrogen-bond donors (Lipinski definition) is 1. The van der Waals surface area contributed by atoms with E-state index in [1.54, 1.807) is 12.4 Å². The number of likely N-dealkylation sites (N-methyl/N-ethyl adjacent to an activating group) is 1. The van der Waals surface area contributed by atoms with E-state index >= 15 is 0 Å². The van der Waals surface area contributed by atoms with Crippen LogP contribution < -0.4 is 5.32 Å². The van der Waals surface area contributed by atoms with Gasteiger partial charge in [-0.1, -0.05) is 0 Å². The Kier molecular flexibility index (Phi) is 4.17. The van der Waals surface area contributed by atoms with Crippen molar-refractivity contribution < 1.29 is 0 Å². The fraction of sp³-hybridized carbons (Fsp3) is 0.250. The van der Waals surface area contributed by atoms with Gasteiger partial charge in [0.15, 0.2) is 0 Å². The zero-order valence-corrected chi connectivity index (χ0v) is 11.1. The van der Waals surface area contributed by atoms with Crippen molar-refractivity contribution in [1.29, 1.82) is 0 Å². The molecular weight excluding hydrogens is 280 g/mol. The summed E-state index contributed by atoms with van der Waals surface area (Å²) in [5.41, 5.74) is 2.16. The van der Waals surface area contributed by atoms with Gasteiger partial charge in [-0.2, -0.15) is 10.2 Å². The first kappa shape index (κ1) is 12.1. The lowest BCUT2D eigenvalue weighted by molar-refractivity contribution is 0.580. The molecule has 0 amide bonds. The molecule has 2 heterocycles. The van der Waals surface area contributed by atoms with E-state index in [9.17, 15) is 0 Å². The van der Waals surface area contributed by atoms with Gasteiger partial charge in [0.2, 0.25) is 0 Å².